The lowest BCUT2D eigenvalue weighted by molar-refractivity contribution is -0.143. The number of urea groups is 1. The maximum absolute atomic E-state index is 14.3. The Bertz CT molecular complexity index is 1110. The van der Waals surface area contributed by atoms with Crippen molar-refractivity contribution in [1.29, 1.82) is 0 Å². The van der Waals surface area contributed by atoms with Crippen LogP contribution in [0, 0.1) is 29.1 Å². The van der Waals surface area contributed by atoms with Gasteiger partial charge in [0.15, 0.2) is 0 Å². The van der Waals surface area contributed by atoms with Gasteiger partial charge in [0.2, 0.25) is 23.5 Å². The summed E-state index contributed by atoms with van der Waals surface area (Å²) in [7, 11) is 0. The van der Waals surface area contributed by atoms with Crippen molar-refractivity contribution in [3.63, 3.8) is 0 Å². The van der Waals surface area contributed by atoms with E-state index in [0.29, 0.717) is 38.9 Å². The molecule has 5 atom stereocenters. The number of primary amides is 1. The molecular weight excluding hydrogens is 576 g/mol. The van der Waals surface area contributed by atoms with Crippen LogP contribution in [0.25, 0.3) is 0 Å². The number of hydrogen-bond acceptors (Lipinski definition) is 6. The number of nitrogens with zero attached hydrogens (tertiary/aromatic N) is 2. The largest absolute Gasteiger partial charge is 0.363 e. The first-order valence-electron chi connectivity index (χ1n) is 16.8. The van der Waals surface area contributed by atoms with Crippen LogP contribution in [0.4, 0.5) is 4.79 Å². The van der Waals surface area contributed by atoms with Crippen LogP contribution in [-0.4, -0.2) is 89.0 Å². The summed E-state index contributed by atoms with van der Waals surface area (Å²) in [6.45, 7) is 15.0. The van der Waals surface area contributed by atoms with Crippen molar-refractivity contribution in [3.05, 3.63) is 0 Å². The van der Waals surface area contributed by atoms with Gasteiger partial charge in [-0.15, -0.1) is 0 Å². The molecule has 5 unspecified atom stereocenters. The number of nitrogens with two attached hydrogens (primary N) is 1. The molecule has 0 spiro atoms. The fraction of sp³-hybridized carbons (Fsp3) is 0.818. The highest BCUT2D eigenvalue weighted by atomic mass is 16.2. The molecule has 3 rings (SSSR count). The number of hydrogen-bond donors (Lipinski definition) is 4. The minimum Gasteiger partial charge on any atom is -0.363 e. The molecule has 0 aromatic carbocycles. The topological polar surface area (TPSA) is 171 Å². The zero-order valence-corrected chi connectivity index (χ0v) is 28.3. The van der Waals surface area contributed by atoms with Crippen molar-refractivity contribution >= 4 is 35.4 Å². The average molecular weight is 633 g/mol. The Morgan fingerprint density at radius 1 is 0.956 bits per heavy atom. The molecule has 3 fully saturated rings. The number of amides is 6. The van der Waals surface area contributed by atoms with Crippen LogP contribution in [0.5, 0.6) is 0 Å². The fourth-order valence-corrected chi connectivity index (χ4v) is 6.45. The lowest BCUT2D eigenvalue weighted by atomic mass is 9.80. The maximum Gasteiger partial charge on any atom is 0.315 e. The van der Waals surface area contributed by atoms with Crippen molar-refractivity contribution in [1.82, 2.24) is 25.8 Å². The third-order valence-corrected chi connectivity index (χ3v) is 9.88. The van der Waals surface area contributed by atoms with Gasteiger partial charge in [-0.25, -0.2) is 4.79 Å². The van der Waals surface area contributed by atoms with Crippen molar-refractivity contribution in [2.45, 2.75) is 124 Å². The van der Waals surface area contributed by atoms with E-state index in [1.54, 1.807) is 4.90 Å². The van der Waals surface area contributed by atoms with E-state index in [0.717, 1.165) is 32.1 Å². The second-order valence-corrected chi connectivity index (χ2v) is 15.1. The SMILES string of the molecule is CC(C)C1CC(C(=O)NC(CC2CCC2)C(=O)C(N)=O)N(C(=O)C(NC(=O)NC(CN2CCCCC2=O)C(C)C)C(C)(C)C)C1. The van der Waals surface area contributed by atoms with E-state index in [9.17, 15) is 28.8 Å². The van der Waals surface area contributed by atoms with Gasteiger partial charge in [-0.3, -0.25) is 24.0 Å². The minimum atomic E-state index is -1.09. The smallest absolute Gasteiger partial charge is 0.315 e. The molecule has 5 N–H and O–H groups in total. The van der Waals surface area contributed by atoms with E-state index in [2.05, 4.69) is 16.0 Å². The lowest BCUT2D eigenvalue weighted by Gasteiger charge is -2.37. The predicted molar refractivity (Wildman–Crippen MR) is 171 cm³/mol. The standard InChI is InChI=1S/C33H56N6O6/c1-19(2)22-16-25(30(43)35-23(27(41)29(34)42)15-21-11-10-12-21)39(17-22)31(44)28(33(5,6)7)37-32(45)36-24(20(3)4)18-38-14-9-8-13-26(38)40/h19-25,28H,8-18H2,1-7H3,(H2,34,42)(H,35,43)(H2,36,37,45). The van der Waals surface area contributed by atoms with Gasteiger partial charge in [0.05, 0.1) is 12.1 Å². The van der Waals surface area contributed by atoms with E-state index >= 15 is 0 Å². The molecular formula is C33H56N6O6. The molecule has 2 aliphatic heterocycles. The maximum atomic E-state index is 14.3. The Balaban J connectivity index is 1.78. The van der Waals surface area contributed by atoms with E-state index in [-0.39, 0.29) is 41.5 Å². The zero-order chi connectivity index (χ0) is 33.6. The van der Waals surface area contributed by atoms with Crippen LogP contribution in [0.3, 0.4) is 0 Å². The zero-order valence-electron chi connectivity index (χ0n) is 28.3. The third-order valence-electron chi connectivity index (χ3n) is 9.88. The molecule has 2 heterocycles. The van der Waals surface area contributed by atoms with Crippen LogP contribution in [0.1, 0.15) is 99.8 Å². The Kier molecular flexibility index (Phi) is 12.4. The Labute approximate surface area is 268 Å². The van der Waals surface area contributed by atoms with Crippen molar-refractivity contribution in [2.75, 3.05) is 19.6 Å². The third kappa shape index (κ3) is 9.66. The molecule has 45 heavy (non-hydrogen) atoms. The molecule has 1 saturated carbocycles. The van der Waals surface area contributed by atoms with Gasteiger partial charge in [-0.1, -0.05) is 67.7 Å². The van der Waals surface area contributed by atoms with Crippen LogP contribution in [-0.2, 0) is 24.0 Å². The number of piperidine rings is 1. The summed E-state index contributed by atoms with van der Waals surface area (Å²) in [4.78, 5) is 81.6. The highest BCUT2D eigenvalue weighted by Crippen LogP contribution is 2.33. The van der Waals surface area contributed by atoms with Crippen LogP contribution in [0.2, 0.25) is 0 Å². The van der Waals surface area contributed by atoms with Gasteiger partial charge in [0, 0.05) is 26.1 Å². The Morgan fingerprint density at radius 2 is 1.62 bits per heavy atom. The van der Waals surface area contributed by atoms with Gasteiger partial charge in [0.1, 0.15) is 12.1 Å². The highest BCUT2D eigenvalue weighted by molar-refractivity contribution is 6.37. The number of nitrogens with one attached hydrogen (secondary N) is 3. The van der Waals surface area contributed by atoms with E-state index in [1.165, 1.54) is 4.90 Å². The van der Waals surface area contributed by atoms with Crippen LogP contribution >= 0.6 is 0 Å². The van der Waals surface area contributed by atoms with Gasteiger partial charge >= 0.3 is 6.03 Å². The first-order chi connectivity index (χ1) is 21.0. The van der Waals surface area contributed by atoms with Crippen molar-refractivity contribution < 1.29 is 28.8 Å². The van der Waals surface area contributed by atoms with E-state index < -0.39 is 47.2 Å². The minimum absolute atomic E-state index is 0.0310. The van der Waals surface area contributed by atoms with E-state index in [1.807, 2.05) is 48.5 Å². The van der Waals surface area contributed by atoms with Crippen molar-refractivity contribution in [2.24, 2.45) is 34.8 Å². The molecule has 12 nitrogen and oxygen atoms in total. The number of ketones is 1. The quantitative estimate of drug-likeness (QED) is 0.227. The number of Topliss-reactive ketones (excluding diaryl/α,β-unsaturated/α-hetero) is 1. The summed E-state index contributed by atoms with van der Waals surface area (Å²) in [5.74, 6) is -2.22. The molecule has 0 bridgehead atoms. The first kappa shape index (κ1) is 36.3. The highest BCUT2D eigenvalue weighted by Gasteiger charge is 2.46. The van der Waals surface area contributed by atoms with Gasteiger partial charge in [-0.2, -0.15) is 0 Å². The summed E-state index contributed by atoms with van der Waals surface area (Å²) in [6, 6.07) is -3.68. The molecule has 0 aromatic rings. The summed E-state index contributed by atoms with van der Waals surface area (Å²) in [6.07, 6.45) is 5.96. The molecule has 12 heteroatoms. The predicted octanol–water partition coefficient (Wildman–Crippen LogP) is 2.34. The number of carbonyl (C=O) groups excluding carboxylic acids is 6. The second-order valence-electron chi connectivity index (χ2n) is 15.1. The summed E-state index contributed by atoms with van der Waals surface area (Å²) in [5.41, 5.74) is 4.62. The monoisotopic (exact) mass is 632 g/mol. The second kappa shape index (κ2) is 15.4. The van der Waals surface area contributed by atoms with E-state index in [4.69, 9.17) is 5.73 Å². The molecule has 0 radical (unpaired) electrons. The van der Waals surface area contributed by atoms with Gasteiger partial charge in [0.25, 0.3) is 5.91 Å². The Morgan fingerprint density at radius 3 is 2.13 bits per heavy atom. The fourth-order valence-electron chi connectivity index (χ4n) is 6.45. The number of carbonyl (C=O) groups is 6. The Hall–Kier alpha value is -3.18. The molecule has 0 aromatic heterocycles. The lowest BCUT2D eigenvalue weighted by Crippen LogP contribution is -2.61. The first-order valence-corrected chi connectivity index (χ1v) is 16.8. The summed E-state index contributed by atoms with van der Waals surface area (Å²) >= 11 is 0. The average Bonchev–Trinajstić information content (AvgIpc) is 3.38. The molecule has 2 saturated heterocycles. The summed E-state index contributed by atoms with van der Waals surface area (Å²) in [5, 5.41) is 8.66. The number of likely N-dealkylation sites (tertiary alicyclic amines) is 2. The van der Waals surface area contributed by atoms with Crippen LogP contribution < -0.4 is 21.7 Å². The van der Waals surface area contributed by atoms with Gasteiger partial charge in [-0.05, 0) is 54.8 Å². The summed E-state index contributed by atoms with van der Waals surface area (Å²) < 4.78 is 0. The number of rotatable bonds is 13. The molecule has 1 aliphatic carbocycles. The van der Waals surface area contributed by atoms with Gasteiger partial charge < -0.3 is 31.5 Å². The van der Waals surface area contributed by atoms with Crippen molar-refractivity contribution in [3.8, 4) is 0 Å². The van der Waals surface area contributed by atoms with Crippen LogP contribution in [0.15, 0.2) is 0 Å². The molecule has 3 aliphatic rings. The normalized spacial score (nSPS) is 22.9. The molecule has 6 amide bonds. The molecule has 254 valence electrons.